The van der Waals surface area contributed by atoms with E-state index < -0.39 is 0 Å². The van der Waals surface area contributed by atoms with E-state index in [1.807, 2.05) is 31.2 Å². The molecule has 1 aliphatic rings. The Labute approximate surface area is 132 Å². The Morgan fingerprint density at radius 2 is 1.95 bits per heavy atom. The number of aryl methyl sites for hydroxylation is 1. The molecule has 2 aromatic rings. The number of hydrogen-bond donors (Lipinski definition) is 1. The Hall–Kier alpha value is -2.13. The molecule has 0 fully saturated rings. The van der Waals surface area contributed by atoms with E-state index >= 15 is 0 Å². The number of fused-ring (bicyclic) bond motifs is 1. The number of carbonyl (C=O) groups excluding carboxylic acids is 1. The van der Waals surface area contributed by atoms with Gasteiger partial charge in [0.1, 0.15) is 0 Å². The van der Waals surface area contributed by atoms with Crippen LogP contribution in [0.1, 0.15) is 23.1 Å². The molecule has 1 amide bonds. The molecule has 0 saturated heterocycles. The molecule has 1 heterocycles. The van der Waals surface area contributed by atoms with Gasteiger partial charge in [-0.1, -0.05) is 36.4 Å². The van der Waals surface area contributed by atoms with Gasteiger partial charge in [-0.2, -0.15) is 0 Å². The summed E-state index contributed by atoms with van der Waals surface area (Å²) in [6.45, 7) is 4.83. The highest BCUT2D eigenvalue weighted by molar-refractivity contribution is 5.90. The van der Waals surface area contributed by atoms with Crippen molar-refractivity contribution in [2.75, 3.05) is 18.4 Å². The van der Waals surface area contributed by atoms with Crippen molar-refractivity contribution in [3.63, 3.8) is 0 Å². The van der Waals surface area contributed by atoms with Gasteiger partial charge < -0.3 is 5.32 Å². The fraction of sp³-hybridized carbons (Fsp3) is 0.316. The van der Waals surface area contributed by atoms with Crippen LogP contribution in [-0.2, 0) is 17.8 Å². The molecule has 0 unspecified atom stereocenters. The van der Waals surface area contributed by atoms with E-state index in [1.165, 1.54) is 11.1 Å². The van der Waals surface area contributed by atoms with E-state index in [9.17, 15) is 4.79 Å². The summed E-state index contributed by atoms with van der Waals surface area (Å²) in [5.74, 6) is 0.0875. The number of amides is 1. The molecule has 0 atom stereocenters. The number of anilines is 1. The van der Waals surface area contributed by atoms with E-state index in [0.29, 0.717) is 6.42 Å². The van der Waals surface area contributed by atoms with Crippen LogP contribution in [0.4, 0.5) is 5.69 Å². The summed E-state index contributed by atoms with van der Waals surface area (Å²) in [6.07, 6.45) is 1.62. The molecular formula is C19H22N2O. The predicted octanol–water partition coefficient (Wildman–Crippen LogP) is 3.38. The number of carbonyl (C=O) groups is 1. The van der Waals surface area contributed by atoms with Crippen LogP contribution in [0.15, 0.2) is 48.5 Å². The Morgan fingerprint density at radius 3 is 2.77 bits per heavy atom. The standard InChI is InChI=1S/C19H22N2O/c1-15-5-4-8-18(13-15)20-19(22)10-12-21-11-9-16-6-2-3-7-17(16)14-21/h2-8,13H,9-12,14H2,1H3,(H,20,22). The van der Waals surface area contributed by atoms with Gasteiger partial charge in [0.25, 0.3) is 0 Å². The first kappa shape index (κ1) is 14.8. The molecule has 0 radical (unpaired) electrons. The number of rotatable bonds is 4. The van der Waals surface area contributed by atoms with Crippen molar-refractivity contribution < 1.29 is 4.79 Å². The van der Waals surface area contributed by atoms with Crippen LogP contribution in [0, 0.1) is 6.92 Å². The van der Waals surface area contributed by atoms with Crippen molar-refractivity contribution >= 4 is 11.6 Å². The minimum atomic E-state index is 0.0875. The highest BCUT2D eigenvalue weighted by Crippen LogP contribution is 2.18. The third-order valence-electron chi connectivity index (χ3n) is 4.17. The van der Waals surface area contributed by atoms with Crippen molar-refractivity contribution in [3.05, 3.63) is 65.2 Å². The Kier molecular flexibility index (Phi) is 4.54. The Balaban J connectivity index is 1.50. The van der Waals surface area contributed by atoms with E-state index in [-0.39, 0.29) is 5.91 Å². The summed E-state index contributed by atoms with van der Waals surface area (Å²) in [7, 11) is 0. The topological polar surface area (TPSA) is 32.3 Å². The number of nitrogens with zero attached hydrogens (tertiary/aromatic N) is 1. The zero-order valence-corrected chi connectivity index (χ0v) is 13.0. The van der Waals surface area contributed by atoms with Crippen LogP contribution in [0.5, 0.6) is 0 Å². The second kappa shape index (κ2) is 6.75. The third kappa shape index (κ3) is 3.74. The molecule has 0 aromatic heterocycles. The average Bonchev–Trinajstić information content (AvgIpc) is 2.53. The normalized spacial score (nSPS) is 14.4. The van der Waals surface area contributed by atoms with Crippen LogP contribution < -0.4 is 5.32 Å². The minimum absolute atomic E-state index is 0.0875. The van der Waals surface area contributed by atoms with Gasteiger partial charge >= 0.3 is 0 Å². The molecule has 0 saturated carbocycles. The Bertz CT molecular complexity index is 666. The van der Waals surface area contributed by atoms with Crippen LogP contribution in [-0.4, -0.2) is 23.9 Å². The molecule has 3 heteroatoms. The lowest BCUT2D eigenvalue weighted by Gasteiger charge is -2.28. The van der Waals surface area contributed by atoms with E-state index in [1.54, 1.807) is 0 Å². The number of hydrogen-bond acceptors (Lipinski definition) is 2. The molecular weight excluding hydrogens is 272 g/mol. The lowest BCUT2D eigenvalue weighted by atomic mass is 10.00. The molecule has 3 nitrogen and oxygen atoms in total. The minimum Gasteiger partial charge on any atom is -0.326 e. The van der Waals surface area contributed by atoms with Gasteiger partial charge in [0.15, 0.2) is 0 Å². The fourth-order valence-corrected chi connectivity index (χ4v) is 2.95. The van der Waals surface area contributed by atoms with E-state index in [0.717, 1.165) is 37.3 Å². The zero-order valence-electron chi connectivity index (χ0n) is 13.0. The highest BCUT2D eigenvalue weighted by Gasteiger charge is 2.16. The summed E-state index contributed by atoms with van der Waals surface area (Å²) in [5.41, 5.74) is 4.88. The fourth-order valence-electron chi connectivity index (χ4n) is 2.95. The second-order valence-electron chi connectivity index (χ2n) is 5.96. The van der Waals surface area contributed by atoms with Crippen LogP contribution in [0.25, 0.3) is 0 Å². The lowest BCUT2D eigenvalue weighted by molar-refractivity contribution is -0.116. The molecule has 0 bridgehead atoms. The maximum absolute atomic E-state index is 12.1. The molecule has 22 heavy (non-hydrogen) atoms. The first-order chi connectivity index (χ1) is 10.7. The smallest absolute Gasteiger partial charge is 0.225 e. The molecule has 114 valence electrons. The summed E-state index contributed by atoms with van der Waals surface area (Å²) >= 11 is 0. The first-order valence-corrected chi connectivity index (χ1v) is 7.86. The quantitative estimate of drug-likeness (QED) is 0.937. The Morgan fingerprint density at radius 1 is 1.14 bits per heavy atom. The van der Waals surface area contributed by atoms with Crippen molar-refractivity contribution in [1.82, 2.24) is 4.90 Å². The summed E-state index contributed by atoms with van der Waals surface area (Å²) in [6, 6.07) is 16.5. The van der Waals surface area contributed by atoms with E-state index in [2.05, 4.69) is 34.5 Å². The molecule has 1 aliphatic heterocycles. The molecule has 0 spiro atoms. The van der Waals surface area contributed by atoms with Crippen LogP contribution >= 0.6 is 0 Å². The zero-order chi connectivity index (χ0) is 15.4. The number of nitrogens with one attached hydrogen (secondary N) is 1. The number of benzene rings is 2. The highest BCUT2D eigenvalue weighted by atomic mass is 16.1. The first-order valence-electron chi connectivity index (χ1n) is 7.86. The van der Waals surface area contributed by atoms with Gasteiger partial charge in [-0.25, -0.2) is 0 Å². The van der Waals surface area contributed by atoms with Crippen molar-refractivity contribution in [3.8, 4) is 0 Å². The van der Waals surface area contributed by atoms with Crippen LogP contribution in [0.3, 0.4) is 0 Å². The van der Waals surface area contributed by atoms with Gasteiger partial charge in [0.05, 0.1) is 0 Å². The molecule has 1 N–H and O–H groups in total. The predicted molar refractivity (Wildman–Crippen MR) is 89.8 cm³/mol. The second-order valence-corrected chi connectivity index (χ2v) is 5.96. The van der Waals surface area contributed by atoms with Crippen LogP contribution in [0.2, 0.25) is 0 Å². The van der Waals surface area contributed by atoms with Gasteiger partial charge in [-0.3, -0.25) is 9.69 Å². The summed E-state index contributed by atoms with van der Waals surface area (Å²) in [5, 5.41) is 2.98. The summed E-state index contributed by atoms with van der Waals surface area (Å²) < 4.78 is 0. The van der Waals surface area contributed by atoms with E-state index in [4.69, 9.17) is 0 Å². The average molecular weight is 294 g/mol. The maximum atomic E-state index is 12.1. The van der Waals surface area contributed by atoms with Gasteiger partial charge in [-0.05, 0) is 42.2 Å². The monoisotopic (exact) mass is 294 g/mol. The van der Waals surface area contributed by atoms with Gasteiger partial charge in [0, 0.05) is 31.7 Å². The molecule has 3 rings (SSSR count). The van der Waals surface area contributed by atoms with Crippen molar-refractivity contribution in [2.45, 2.75) is 26.3 Å². The SMILES string of the molecule is Cc1cccc(NC(=O)CCN2CCc3ccccc3C2)c1. The largest absolute Gasteiger partial charge is 0.326 e. The molecule has 2 aromatic carbocycles. The third-order valence-corrected chi connectivity index (χ3v) is 4.17. The lowest BCUT2D eigenvalue weighted by Crippen LogP contribution is -2.33. The maximum Gasteiger partial charge on any atom is 0.225 e. The van der Waals surface area contributed by atoms with Gasteiger partial charge in [-0.15, -0.1) is 0 Å². The van der Waals surface area contributed by atoms with Crippen molar-refractivity contribution in [1.29, 1.82) is 0 Å². The molecule has 0 aliphatic carbocycles. The van der Waals surface area contributed by atoms with Crippen molar-refractivity contribution in [2.24, 2.45) is 0 Å². The van der Waals surface area contributed by atoms with Gasteiger partial charge in [0.2, 0.25) is 5.91 Å². The summed E-state index contributed by atoms with van der Waals surface area (Å²) in [4.78, 5) is 14.4.